The van der Waals surface area contributed by atoms with Crippen molar-refractivity contribution in [2.45, 2.75) is 19.8 Å². The van der Waals surface area contributed by atoms with E-state index in [1.54, 1.807) is 0 Å². The molecule has 0 saturated carbocycles. The lowest BCUT2D eigenvalue weighted by Gasteiger charge is -2.23. The number of anilines is 3. The van der Waals surface area contributed by atoms with Gasteiger partial charge in [0, 0.05) is 18.3 Å². The van der Waals surface area contributed by atoms with Crippen LogP contribution < -0.4 is 16.2 Å². The summed E-state index contributed by atoms with van der Waals surface area (Å²) in [6.45, 7) is 4.20. The van der Waals surface area contributed by atoms with Gasteiger partial charge in [0.25, 0.3) is 0 Å². The number of rotatable bonds is 4. The maximum atomic E-state index is 5.54. The minimum Gasteiger partial charge on any atom is -0.329 e. The van der Waals surface area contributed by atoms with Crippen molar-refractivity contribution in [3.8, 4) is 0 Å². The van der Waals surface area contributed by atoms with Gasteiger partial charge in [-0.05, 0) is 18.1 Å². The molecular weight excluding hydrogens is 238 g/mol. The molecule has 100 valence electrons. The molecule has 0 aliphatic heterocycles. The molecule has 0 spiro atoms. The van der Waals surface area contributed by atoms with Gasteiger partial charge >= 0.3 is 0 Å². The van der Waals surface area contributed by atoms with Crippen LogP contribution in [0.2, 0.25) is 0 Å². The van der Waals surface area contributed by atoms with Gasteiger partial charge in [-0.25, -0.2) is 15.8 Å². The summed E-state index contributed by atoms with van der Waals surface area (Å²) in [6, 6.07) is 10.1. The van der Waals surface area contributed by atoms with Crippen LogP contribution in [0.5, 0.6) is 0 Å². The predicted octanol–water partition coefficient (Wildman–Crippen LogP) is 2.65. The zero-order valence-electron chi connectivity index (χ0n) is 11.5. The molecule has 0 fully saturated rings. The number of nitrogens with one attached hydrogen (secondary N) is 1. The Hall–Kier alpha value is -2.14. The van der Waals surface area contributed by atoms with Gasteiger partial charge in [0.15, 0.2) is 0 Å². The zero-order chi connectivity index (χ0) is 13.8. The standard InChI is InChI=1S/C14H19N5/c1-10(2)12-13(18-15)16-9-17-14(12)19(3)11-7-5-4-6-8-11/h4-10H,15H2,1-3H3,(H,16,17,18). The molecule has 1 heterocycles. The van der Waals surface area contributed by atoms with Crippen molar-refractivity contribution in [2.24, 2.45) is 5.84 Å². The molecular formula is C14H19N5. The van der Waals surface area contributed by atoms with E-state index in [0.29, 0.717) is 5.82 Å². The third kappa shape index (κ3) is 2.66. The summed E-state index contributed by atoms with van der Waals surface area (Å²) in [4.78, 5) is 10.6. The fraction of sp³-hybridized carbons (Fsp3) is 0.286. The van der Waals surface area contributed by atoms with Gasteiger partial charge < -0.3 is 10.3 Å². The molecule has 5 nitrogen and oxygen atoms in total. The van der Waals surface area contributed by atoms with Gasteiger partial charge in [0.05, 0.1) is 0 Å². The lowest BCUT2D eigenvalue weighted by Crippen LogP contribution is -2.18. The van der Waals surface area contributed by atoms with Gasteiger partial charge in [0.2, 0.25) is 0 Å². The number of benzene rings is 1. The Morgan fingerprint density at radius 2 is 1.84 bits per heavy atom. The average molecular weight is 257 g/mol. The summed E-state index contributed by atoms with van der Waals surface area (Å²) < 4.78 is 0. The van der Waals surface area contributed by atoms with E-state index >= 15 is 0 Å². The molecule has 0 radical (unpaired) electrons. The molecule has 2 rings (SSSR count). The van der Waals surface area contributed by atoms with Crippen molar-refractivity contribution < 1.29 is 0 Å². The maximum Gasteiger partial charge on any atom is 0.148 e. The third-order valence-electron chi connectivity index (χ3n) is 3.04. The van der Waals surface area contributed by atoms with Crippen LogP contribution in [0, 0.1) is 0 Å². The molecule has 2 aromatic rings. The predicted molar refractivity (Wildman–Crippen MR) is 78.4 cm³/mol. The SMILES string of the molecule is CC(C)c1c(NN)ncnc1N(C)c1ccccc1. The number of hydrazine groups is 1. The molecule has 1 aromatic heterocycles. The third-order valence-corrected chi connectivity index (χ3v) is 3.04. The van der Waals surface area contributed by atoms with Crippen LogP contribution in [0.25, 0.3) is 0 Å². The summed E-state index contributed by atoms with van der Waals surface area (Å²) in [5.41, 5.74) is 4.73. The Labute approximate surface area is 113 Å². The molecule has 0 atom stereocenters. The highest BCUT2D eigenvalue weighted by molar-refractivity contribution is 5.67. The highest BCUT2D eigenvalue weighted by Gasteiger charge is 2.18. The lowest BCUT2D eigenvalue weighted by molar-refractivity contribution is 0.840. The number of para-hydroxylation sites is 1. The number of nitrogens with zero attached hydrogens (tertiary/aromatic N) is 3. The number of aromatic nitrogens is 2. The van der Waals surface area contributed by atoms with Crippen LogP contribution in [0.15, 0.2) is 36.7 Å². The van der Waals surface area contributed by atoms with Crippen LogP contribution in [0.1, 0.15) is 25.3 Å². The fourth-order valence-electron chi connectivity index (χ4n) is 2.07. The lowest BCUT2D eigenvalue weighted by atomic mass is 10.0. The van der Waals surface area contributed by atoms with E-state index in [1.165, 1.54) is 6.33 Å². The van der Waals surface area contributed by atoms with Crippen LogP contribution in [0.3, 0.4) is 0 Å². The Bertz CT molecular complexity index is 539. The van der Waals surface area contributed by atoms with Gasteiger partial charge in [-0.1, -0.05) is 32.0 Å². The second-order valence-corrected chi connectivity index (χ2v) is 4.65. The first-order chi connectivity index (χ1) is 9.15. The molecule has 0 aliphatic carbocycles. The summed E-state index contributed by atoms with van der Waals surface area (Å²) in [7, 11) is 1.99. The average Bonchev–Trinajstić information content (AvgIpc) is 2.46. The Balaban J connectivity index is 2.50. The quantitative estimate of drug-likeness (QED) is 0.651. The van der Waals surface area contributed by atoms with E-state index in [2.05, 4.69) is 29.2 Å². The molecule has 0 saturated heterocycles. The number of hydrogen-bond acceptors (Lipinski definition) is 5. The van der Waals surface area contributed by atoms with E-state index in [1.807, 2.05) is 42.3 Å². The monoisotopic (exact) mass is 257 g/mol. The first kappa shape index (κ1) is 13.3. The van der Waals surface area contributed by atoms with Crippen molar-refractivity contribution in [1.82, 2.24) is 9.97 Å². The van der Waals surface area contributed by atoms with Gasteiger partial charge in [-0.15, -0.1) is 0 Å². The fourth-order valence-corrected chi connectivity index (χ4v) is 2.07. The van der Waals surface area contributed by atoms with E-state index in [4.69, 9.17) is 5.84 Å². The van der Waals surface area contributed by atoms with Crippen molar-refractivity contribution >= 4 is 17.3 Å². The van der Waals surface area contributed by atoms with Crippen molar-refractivity contribution in [1.29, 1.82) is 0 Å². The second-order valence-electron chi connectivity index (χ2n) is 4.65. The Morgan fingerprint density at radius 1 is 1.16 bits per heavy atom. The first-order valence-electron chi connectivity index (χ1n) is 6.25. The summed E-state index contributed by atoms with van der Waals surface area (Å²) in [5, 5.41) is 0. The highest BCUT2D eigenvalue weighted by Crippen LogP contribution is 2.33. The largest absolute Gasteiger partial charge is 0.329 e. The second kappa shape index (κ2) is 5.67. The molecule has 0 amide bonds. The molecule has 5 heteroatoms. The Morgan fingerprint density at radius 3 is 2.42 bits per heavy atom. The molecule has 19 heavy (non-hydrogen) atoms. The molecule has 3 N–H and O–H groups in total. The first-order valence-corrected chi connectivity index (χ1v) is 6.25. The van der Waals surface area contributed by atoms with Gasteiger partial charge in [0.1, 0.15) is 18.0 Å². The number of nitrogens with two attached hydrogens (primary N) is 1. The van der Waals surface area contributed by atoms with Crippen molar-refractivity contribution in [2.75, 3.05) is 17.4 Å². The molecule has 1 aromatic carbocycles. The minimum atomic E-state index is 0.272. The zero-order valence-corrected chi connectivity index (χ0v) is 11.5. The Kier molecular flexibility index (Phi) is 3.97. The van der Waals surface area contributed by atoms with Crippen LogP contribution in [0.4, 0.5) is 17.3 Å². The number of nitrogen functional groups attached to an aromatic ring is 1. The summed E-state index contributed by atoms with van der Waals surface area (Å²) >= 11 is 0. The molecule has 0 aliphatic rings. The van der Waals surface area contributed by atoms with Crippen LogP contribution in [-0.4, -0.2) is 17.0 Å². The smallest absolute Gasteiger partial charge is 0.148 e. The van der Waals surface area contributed by atoms with E-state index in [-0.39, 0.29) is 5.92 Å². The molecule has 0 bridgehead atoms. The summed E-state index contributed by atoms with van der Waals surface area (Å²) in [6.07, 6.45) is 1.52. The van der Waals surface area contributed by atoms with Crippen LogP contribution >= 0.6 is 0 Å². The van der Waals surface area contributed by atoms with Crippen molar-refractivity contribution in [3.05, 3.63) is 42.2 Å². The number of hydrogen-bond donors (Lipinski definition) is 2. The summed E-state index contributed by atoms with van der Waals surface area (Å²) in [5.74, 6) is 7.34. The van der Waals surface area contributed by atoms with Crippen molar-refractivity contribution in [3.63, 3.8) is 0 Å². The topological polar surface area (TPSA) is 67.1 Å². The highest BCUT2D eigenvalue weighted by atomic mass is 15.3. The van der Waals surface area contributed by atoms with E-state index in [0.717, 1.165) is 17.1 Å². The van der Waals surface area contributed by atoms with Gasteiger partial charge in [-0.3, -0.25) is 0 Å². The molecule has 0 unspecified atom stereocenters. The van der Waals surface area contributed by atoms with E-state index < -0.39 is 0 Å². The van der Waals surface area contributed by atoms with E-state index in [9.17, 15) is 0 Å². The van der Waals surface area contributed by atoms with Crippen LogP contribution in [-0.2, 0) is 0 Å². The normalized spacial score (nSPS) is 10.6. The maximum absolute atomic E-state index is 5.54. The minimum absolute atomic E-state index is 0.272. The van der Waals surface area contributed by atoms with Gasteiger partial charge in [-0.2, -0.15) is 0 Å².